The van der Waals surface area contributed by atoms with Crippen molar-refractivity contribution < 1.29 is 8.81 Å². The third kappa shape index (κ3) is 3.17. The fourth-order valence-electron chi connectivity index (χ4n) is 1.85. The van der Waals surface area contributed by atoms with Crippen molar-refractivity contribution in [3.05, 3.63) is 41.7 Å². The molecule has 0 radical (unpaired) electrons. The quantitative estimate of drug-likeness (QED) is 0.827. The predicted octanol–water partition coefficient (Wildman–Crippen LogP) is 2.94. The Hall–Kier alpha value is -1.68. The Balaban J connectivity index is 2.13. The van der Waals surface area contributed by atoms with E-state index >= 15 is 0 Å². The summed E-state index contributed by atoms with van der Waals surface area (Å²) in [5, 5.41) is 3.07. The first-order valence-electron chi connectivity index (χ1n) is 6.06. The molecule has 0 amide bonds. The number of benzene rings is 1. The highest BCUT2D eigenvalue weighted by atomic mass is 19.1. The summed E-state index contributed by atoms with van der Waals surface area (Å²) in [6, 6.07) is 4.85. The molecular formula is C14H17FN2O. The third-order valence-electron chi connectivity index (χ3n) is 2.70. The number of aromatic nitrogens is 1. The van der Waals surface area contributed by atoms with Crippen molar-refractivity contribution in [1.82, 2.24) is 10.3 Å². The molecule has 4 heteroatoms. The molecule has 2 rings (SSSR count). The first kappa shape index (κ1) is 12.8. The van der Waals surface area contributed by atoms with E-state index in [9.17, 15) is 4.39 Å². The summed E-state index contributed by atoms with van der Waals surface area (Å²) in [6.45, 7) is 2.79. The van der Waals surface area contributed by atoms with Gasteiger partial charge in [-0.05, 0) is 50.7 Å². The molecule has 3 nitrogen and oxygen atoms in total. The van der Waals surface area contributed by atoms with Gasteiger partial charge in [-0.15, -0.1) is 0 Å². The van der Waals surface area contributed by atoms with Crippen LogP contribution in [0, 0.1) is 12.7 Å². The summed E-state index contributed by atoms with van der Waals surface area (Å²) in [6.07, 6.45) is 3.41. The predicted molar refractivity (Wildman–Crippen MR) is 68.9 cm³/mol. The highest BCUT2D eigenvalue weighted by Gasteiger charge is 2.07. The van der Waals surface area contributed by atoms with Crippen molar-refractivity contribution in [2.24, 2.45) is 0 Å². The second-order valence-electron chi connectivity index (χ2n) is 4.34. The molecule has 0 bridgehead atoms. The molecule has 1 heterocycles. The van der Waals surface area contributed by atoms with Crippen LogP contribution < -0.4 is 5.32 Å². The van der Waals surface area contributed by atoms with Gasteiger partial charge in [0.15, 0.2) is 11.7 Å². The average molecular weight is 248 g/mol. The van der Waals surface area contributed by atoms with Crippen LogP contribution in [-0.2, 0) is 6.42 Å². The van der Waals surface area contributed by atoms with E-state index in [1.54, 1.807) is 6.20 Å². The maximum absolute atomic E-state index is 13.3. The van der Waals surface area contributed by atoms with Gasteiger partial charge in [0.05, 0.1) is 6.20 Å². The molecule has 96 valence electrons. The summed E-state index contributed by atoms with van der Waals surface area (Å²) < 4.78 is 18.9. The van der Waals surface area contributed by atoms with Crippen molar-refractivity contribution >= 4 is 0 Å². The van der Waals surface area contributed by atoms with Gasteiger partial charge in [0.25, 0.3) is 0 Å². The van der Waals surface area contributed by atoms with Gasteiger partial charge in [-0.3, -0.25) is 0 Å². The van der Waals surface area contributed by atoms with Crippen molar-refractivity contribution in [3.8, 4) is 11.3 Å². The molecule has 2 aromatic rings. The van der Waals surface area contributed by atoms with E-state index in [4.69, 9.17) is 4.42 Å². The molecule has 1 aromatic heterocycles. The Labute approximate surface area is 106 Å². The molecule has 0 atom stereocenters. The largest absolute Gasteiger partial charge is 0.441 e. The normalized spacial score (nSPS) is 10.8. The molecule has 18 heavy (non-hydrogen) atoms. The highest BCUT2D eigenvalue weighted by Crippen LogP contribution is 2.23. The topological polar surface area (TPSA) is 38.1 Å². The van der Waals surface area contributed by atoms with Crippen LogP contribution >= 0.6 is 0 Å². The zero-order valence-corrected chi connectivity index (χ0v) is 10.7. The first-order valence-corrected chi connectivity index (χ1v) is 6.06. The lowest BCUT2D eigenvalue weighted by atomic mass is 10.1. The van der Waals surface area contributed by atoms with E-state index in [2.05, 4.69) is 10.3 Å². The summed E-state index contributed by atoms with van der Waals surface area (Å²) in [5.74, 6) is 1.07. The SMILES string of the molecule is CNCCCc1ncc(-c2cc(C)cc(F)c2)o1. The maximum Gasteiger partial charge on any atom is 0.194 e. The van der Waals surface area contributed by atoms with Crippen molar-refractivity contribution in [1.29, 1.82) is 0 Å². The lowest BCUT2D eigenvalue weighted by molar-refractivity contribution is 0.495. The molecule has 0 fully saturated rings. The lowest BCUT2D eigenvalue weighted by Crippen LogP contribution is -2.08. The molecule has 0 unspecified atom stereocenters. The molecule has 0 spiro atoms. The zero-order chi connectivity index (χ0) is 13.0. The molecule has 0 aliphatic heterocycles. The maximum atomic E-state index is 13.3. The molecule has 1 N–H and O–H groups in total. The summed E-state index contributed by atoms with van der Waals surface area (Å²) in [5.41, 5.74) is 1.61. The minimum Gasteiger partial charge on any atom is -0.441 e. The van der Waals surface area contributed by atoms with E-state index in [1.807, 2.05) is 20.0 Å². The third-order valence-corrected chi connectivity index (χ3v) is 2.70. The Kier molecular flexibility index (Phi) is 4.10. The van der Waals surface area contributed by atoms with Crippen LogP contribution in [0.2, 0.25) is 0 Å². The number of nitrogens with zero attached hydrogens (tertiary/aromatic N) is 1. The molecule has 0 aliphatic carbocycles. The van der Waals surface area contributed by atoms with Gasteiger partial charge in [-0.2, -0.15) is 0 Å². The Morgan fingerprint density at radius 2 is 2.17 bits per heavy atom. The standard InChI is InChI=1S/C14H17FN2O/c1-10-6-11(8-12(15)7-10)13-9-17-14(18-13)4-3-5-16-2/h6-9,16H,3-5H2,1-2H3. The number of aryl methyl sites for hydroxylation is 2. The monoisotopic (exact) mass is 248 g/mol. The molecule has 0 aliphatic rings. The van der Waals surface area contributed by atoms with Crippen LogP contribution in [0.5, 0.6) is 0 Å². The van der Waals surface area contributed by atoms with Crippen LogP contribution in [0.1, 0.15) is 17.9 Å². The van der Waals surface area contributed by atoms with Gasteiger partial charge in [-0.1, -0.05) is 0 Å². The highest BCUT2D eigenvalue weighted by molar-refractivity contribution is 5.57. The van der Waals surface area contributed by atoms with Gasteiger partial charge in [0, 0.05) is 12.0 Å². The van der Waals surface area contributed by atoms with E-state index in [0.29, 0.717) is 11.7 Å². The van der Waals surface area contributed by atoms with Crippen LogP contribution in [0.25, 0.3) is 11.3 Å². The fourth-order valence-corrected chi connectivity index (χ4v) is 1.85. The minimum atomic E-state index is -0.252. The number of nitrogens with one attached hydrogen (secondary N) is 1. The molecule has 0 saturated heterocycles. The van der Waals surface area contributed by atoms with Crippen molar-refractivity contribution in [2.45, 2.75) is 19.8 Å². The van der Waals surface area contributed by atoms with Crippen LogP contribution in [0.3, 0.4) is 0 Å². The summed E-state index contributed by atoms with van der Waals surface area (Å²) in [7, 11) is 1.91. The smallest absolute Gasteiger partial charge is 0.194 e. The van der Waals surface area contributed by atoms with Gasteiger partial charge < -0.3 is 9.73 Å². The Morgan fingerprint density at radius 3 is 2.89 bits per heavy atom. The second-order valence-corrected chi connectivity index (χ2v) is 4.34. The van der Waals surface area contributed by atoms with E-state index in [0.717, 1.165) is 30.5 Å². The average Bonchev–Trinajstić information content (AvgIpc) is 2.77. The summed E-state index contributed by atoms with van der Waals surface area (Å²) >= 11 is 0. The van der Waals surface area contributed by atoms with Gasteiger partial charge >= 0.3 is 0 Å². The molecule has 0 saturated carbocycles. The number of halogens is 1. The van der Waals surface area contributed by atoms with Gasteiger partial charge in [-0.25, -0.2) is 9.37 Å². The summed E-state index contributed by atoms with van der Waals surface area (Å²) in [4.78, 5) is 4.21. The minimum absolute atomic E-state index is 0.252. The molecular weight excluding hydrogens is 231 g/mol. The Bertz CT molecular complexity index is 502. The van der Waals surface area contributed by atoms with Gasteiger partial charge in [0.1, 0.15) is 5.82 Å². The van der Waals surface area contributed by atoms with Crippen LogP contribution in [-0.4, -0.2) is 18.6 Å². The zero-order valence-electron chi connectivity index (χ0n) is 10.7. The first-order chi connectivity index (χ1) is 8.69. The number of rotatable bonds is 5. The fraction of sp³-hybridized carbons (Fsp3) is 0.357. The lowest BCUT2D eigenvalue weighted by Gasteiger charge is -1.99. The molecule has 1 aromatic carbocycles. The Morgan fingerprint density at radius 1 is 1.33 bits per heavy atom. The van der Waals surface area contributed by atoms with Crippen LogP contribution in [0.15, 0.2) is 28.8 Å². The van der Waals surface area contributed by atoms with Gasteiger partial charge in [0.2, 0.25) is 0 Å². The number of oxazole rings is 1. The van der Waals surface area contributed by atoms with Crippen LogP contribution in [0.4, 0.5) is 4.39 Å². The van der Waals surface area contributed by atoms with Crippen molar-refractivity contribution in [2.75, 3.05) is 13.6 Å². The van der Waals surface area contributed by atoms with E-state index < -0.39 is 0 Å². The van der Waals surface area contributed by atoms with E-state index in [-0.39, 0.29) is 5.82 Å². The number of hydrogen-bond acceptors (Lipinski definition) is 3. The van der Waals surface area contributed by atoms with Crippen molar-refractivity contribution in [3.63, 3.8) is 0 Å². The number of hydrogen-bond donors (Lipinski definition) is 1. The second kappa shape index (κ2) is 5.78. The van der Waals surface area contributed by atoms with E-state index in [1.165, 1.54) is 12.1 Å².